The van der Waals surface area contributed by atoms with Crippen LogP contribution in [0.5, 0.6) is 0 Å². The summed E-state index contributed by atoms with van der Waals surface area (Å²) in [5, 5.41) is 7.96. The maximum absolute atomic E-state index is 11.4. The normalized spacial score (nSPS) is 21.6. The molecule has 3 aromatic rings. The van der Waals surface area contributed by atoms with Gasteiger partial charge in [-0.3, -0.25) is 4.79 Å². The van der Waals surface area contributed by atoms with Crippen LogP contribution in [0, 0.1) is 6.92 Å². The number of likely N-dealkylation sites (tertiary alicyclic amines) is 1. The first-order valence-electron chi connectivity index (χ1n) is 12.4. The number of aryl methyl sites for hydroxylation is 2. The fraction of sp³-hybridized carbons (Fsp3) is 0.583. The number of nitrogens with one attached hydrogen (secondary N) is 2. The molecule has 4 N–H and O–H groups in total. The molecule has 0 aromatic carbocycles. The number of carbonyl (C=O) groups is 1. The number of carbonyl (C=O) groups excluding carboxylic acids is 1. The molecule has 5 rings (SSSR count). The molecule has 34 heavy (non-hydrogen) atoms. The minimum atomic E-state index is -0.313. The Hall–Kier alpha value is -2.72. The summed E-state index contributed by atoms with van der Waals surface area (Å²) < 4.78 is 6.37. The maximum atomic E-state index is 11.4. The summed E-state index contributed by atoms with van der Waals surface area (Å²) >= 11 is 1.40. The van der Waals surface area contributed by atoms with Crippen molar-refractivity contribution in [1.82, 2.24) is 23.8 Å². The summed E-state index contributed by atoms with van der Waals surface area (Å²) in [6.45, 7) is 5.00. The number of piperidine rings is 1. The van der Waals surface area contributed by atoms with Crippen molar-refractivity contribution in [2.75, 3.05) is 23.7 Å². The van der Waals surface area contributed by atoms with E-state index in [0.717, 1.165) is 46.4 Å². The van der Waals surface area contributed by atoms with Gasteiger partial charge in [-0.05, 0) is 82.2 Å². The maximum Gasteiger partial charge on any atom is 0.230 e. The highest BCUT2D eigenvalue weighted by Crippen LogP contribution is 2.31. The first kappa shape index (κ1) is 23.0. The molecule has 9 nitrogen and oxygen atoms in total. The van der Waals surface area contributed by atoms with Crippen molar-refractivity contribution in [3.05, 3.63) is 24.0 Å². The molecule has 1 saturated heterocycles. The second-order valence-corrected chi connectivity index (χ2v) is 10.4. The van der Waals surface area contributed by atoms with Gasteiger partial charge in [0.2, 0.25) is 11.9 Å². The molecule has 0 radical (unpaired) electrons. The van der Waals surface area contributed by atoms with Gasteiger partial charge in [0.1, 0.15) is 10.5 Å². The van der Waals surface area contributed by atoms with Crippen LogP contribution in [0.25, 0.3) is 11.0 Å². The number of primary amides is 1. The lowest BCUT2D eigenvalue weighted by molar-refractivity contribution is -0.118. The van der Waals surface area contributed by atoms with Gasteiger partial charge in [0, 0.05) is 31.2 Å². The third kappa shape index (κ3) is 5.33. The van der Waals surface area contributed by atoms with E-state index in [0.29, 0.717) is 18.5 Å². The molecule has 0 atom stereocenters. The zero-order valence-corrected chi connectivity index (χ0v) is 20.6. The van der Waals surface area contributed by atoms with Crippen molar-refractivity contribution < 1.29 is 4.79 Å². The van der Waals surface area contributed by atoms with Crippen LogP contribution in [0.1, 0.15) is 57.1 Å². The largest absolute Gasteiger partial charge is 0.370 e. The number of nitrogens with zero attached hydrogens (tertiary/aromatic N) is 5. The van der Waals surface area contributed by atoms with E-state index in [9.17, 15) is 4.79 Å². The quantitative estimate of drug-likeness (QED) is 0.444. The van der Waals surface area contributed by atoms with Crippen molar-refractivity contribution >= 4 is 45.2 Å². The molecule has 2 fully saturated rings. The van der Waals surface area contributed by atoms with Gasteiger partial charge in [-0.1, -0.05) is 6.42 Å². The van der Waals surface area contributed by atoms with Gasteiger partial charge in [-0.2, -0.15) is 9.36 Å². The molecule has 2 aliphatic rings. The Labute approximate surface area is 204 Å². The lowest BCUT2D eigenvalue weighted by atomic mass is 9.89. The van der Waals surface area contributed by atoms with Crippen molar-refractivity contribution in [3.8, 4) is 0 Å². The van der Waals surface area contributed by atoms with Crippen LogP contribution < -0.4 is 16.4 Å². The molecule has 4 heterocycles. The standard InChI is InChI=1S/C24H34N8OS/c1-16-15-21(34-30-16)28-24-27-19-9-13-32(14-10-20(25)33)22(19)23(29-24)26-17-5-7-18(8-6-17)31-11-3-2-4-12-31/h9,13,15,17-18H,2-8,10-12,14H2,1H3,(H2,25,33)(H2,26,27,28,29)/t17-,18-. The number of nitrogens with two attached hydrogens (primary N) is 1. The molecular formula is C24H34N8OS. The highest BCUT2D eigenvalue weighted by atomic mass is 32.1. The SMILES string of the molecule is Cc1cc(Nc2nc(N[C@H]3CC[C@H](N4CCCCC4)CC3)c3c(ccn3CCC(N)=O)n2)sn1. The Balaban J connectivity index is 1.36. The van der Waals surface area contributed by atoms with E-state index in [4.69, 9.17) is 15.7 Å². The first-order valence-corrected chi connectivity index (χ1v) is 13.2. The van der Waals surface area contributed by atoms with E-state index in [1.807, 2.05) is 29.8 Å². The molecule has 1 aliphatic heterocycles. The van der Waals surface area contributed by atoms with Gasteiger partial charge in [0.15, 0.2) is 5.82 Å². The summed E-state index contributed by atoms with van der Waals surface area (Å²) in [6.07, 6.45) is 11.0. The number of amides is 1. The van der Waals surface area contributed by atoms with Gasteiger partial charge < -0.3 is 25.8 Å². The number of rotatable bonds is 8. The molecular weight excluding hydrogens is 448 g/mol. The van der Waals surface area contributed by atoms with E-state index in [1.54, 1.807) is 0 Å². The Morgan fingerprint density at radius 2 is 1.97 bits per heavy atom. The fourth-order valence-electron chi connectivity index (χ4n) is 5.28. The minimum absolute atomic E-state index is 0.282. The monoisotopic (exact) mass is 482 g/mol. The van der Waals surface area contributed by atoms with Crippen LogP contribution in [0.4, 0.5) is 16.8 Å². The predicted molar refractivity (Wildman–Crippen MR) is 137 cm³/mol. The van der Waals surface area contributed by atoms with Crippen LogP contribution in [0.15, 0.2) is 18.3 Å². The van der Waals surface area contributed by atoms with Crippen molar-refractivity contribution in [2.24, 2.45) is 5.73 Å². The summed E-state index contributed by atoms with van der Waals surface area (Å²) in [4.78, 5) is 23.7. The predicted octanol–water partition coefficient (Wildman–Crippen LogP) is 4.02. The molecule has 1 amide bonds. The van der Waals surface area contributed by atoms with Gasteiger partial charge in [0.25, 0.3) is 0 Å². The van der Waals surface area contributed by atoms with E-state index < -0.39 is 0 Å². The third-order valence-electron chi connectivity index (χ3n) is 7.02. The van der Waals surface area contributed by atoms with Crippen molar-refractivity contribution in [2.45, 2.75) is 76.9 Å². The molecule has 3 aromatic heterocycles. The third-order valence-corrected chi connectivity index (χ3v) is 7.81. The highest BCUT2D eigenvalue weighted by Gasteiger charge is 2.27. The summed E-state index contributed by atoms with van der Waals surface area (Å²) in [5.41, 5.74) is 8.14. The minimum Gasteiger partial charge on any atom is -0.370 e. The zero-order valence-electron chi connectivity index (χ0n) is 19.8. The van der Waals surface area contributed by atoms with E-state index in [2.05, 4.69) is 19.9 Å². The Morgan fingerprint density at radius 1 is 1.18 bits per heavy atom. The van der Waals surface area contributed by atoms with Gasteiger partial charge in [-0.15, -0.1) is 0 Å². The summed E-state index contributed by atoms with van der Waals surface area (Å²) in [5.74, 6) is 1.05. The average molecular weight is 483 g/mol. The zero-order chi connectivity index (χ0) is 23.5. The Morgan fingerprint density at radius 3 is 2.68 bits per heavy atom. The van der Waals surface area contributed by atoms with E-state index >= 15 is 0 Å². The molecule has 10 heteroatoms. The molecule has 1 saturated carbocycles. The van der Waals surface area contributed by atoms with Gasteiger partial charge >= 0.3 is 0 Å². The number of hydrogen-bond acceptors (Lipinski definition) is 8. The smallest absolute Gasteiger partial charge is 0.230 e. The highest BCUT2D eigenvalue weighted by molar-refractivity contribution is 7.10. The molecule has 182 valence electrons. The Kier molecular flexibility index (Phi) is 6.96. The fourth-order valence-corrected chi connectivity index (χ4v) is 5.93. The van der Waals surface area contributed by atoms with Crippen LogP contribution in [-0.4, -0.2) is 54.9 Å². The van der Waals surface area contributed by atoms with Crippen molar-refractivity contribution in [1.29, 1.82) is 0 Å². The summed E-state index contributed by atoms with van der Waals surface area (Å²) in [6, 6.07) is 5.05. The molecule has 0 unspecified atom stereocenters. The van der Waals surface area contributed by atoms with Crippen LogP contribution in [0.3, 0.4) is 0 Å². The summed E-state index contributed by atoms with van der Waals surface area (Å²) in [7, 11) is 0. The number of hydrogen-bond donors (Lipinski definition) is 3. The van der Waals surface area contributed by atoms with Gasteiger partial charge in [-0.25, -0.2) is 4.98 Å². The Bertz CT molecular complexity index is 1130. The van der Waals surface area contributed by atoms with Crippen molar-refractivity contribution in [3.63, 3.8) is 0 Å². The number of fused-ring (bicyclic) bond motifs is 1. The van der Waals surface area contributed by atoms with Crippen LogP contribution in [-0.2, 0) is 11.3 Å². The van der Waals surface area contributed by atoms with Gasteiger partial charge in [0.05, 0.1) is 11.2 Å². The second-order valence-electron chi connectivity index (χ2n) is 9.56. The number of aromatic nitrogens is 4. The molecule has 0 bridgehead atoms. The lowest BCUT2D eigenvalue weighted by Crippen LogP contribution is -2.43. The lowest BCUT2D eigenvalue weighted by Gasteiger charge is -2.39. The molecule has 1 aliphatic carbocycles. The van der Waals surface area contributed by atoms with Crippen LogP contribution in [0.2, 0.25) is 0 Å². The van der Waals surface area contributed by atoms with Crippen LogP contribution >= 0.6 is 11.5 Å². The topological polar surface area (TPSA) is 114 Å². The molecule has 0 spiro atoms. The van der Waals surface area contributed by atoms with E-state index in [-0.39, 0.29) is 12.3 Å². The average Bonchev–Trinajstić information content (AvgIpc) is 3.44. The number of anilines is 3. The first-order chi connectivity index (χ1) is 16.5. The second kappa shape index (κ2) is 10.3. The van der Waals surface area contributed by atoms with E-state index in [1.165, 1.54) is 56.7 Å².